The van der Waals surface area contributed by atoms with Crippen molar-refractivity contribution < 1.29 is 4.79 Å². The summed E-state index contributed by atoms with van der Waals surface area (Å²) in [6.45, 7) is 3.64. The molecule has 0 aliphatic carbocycles. The molecule has 0 radical (unpaired) electrons. The fourth-order valence-electron chi connectivity index (χ4n) is 0.984. The maximum atomic E-state index is 11.5. The molecule has 0 aromatic carbocycles. The molecule has 68 valence electrons. The lowest BCUT2D eigenvalue weighted by molar-refractivity contribution is 0.0987. The lowest BCUT2D eigenvalue weighted by atomic mass is 10.2. The molecule has 1 rings (SSSR count). The van der Waals surface area contributed by atoms with E-state index in [4.69, 9.17) is 0 Å². The topological polar surface area (TPSA) is 30.0 Å². The van der Waals surface area contributed by atoms with Gasteiger partial charge >= 0.3 is 0 Å². The summed E-state index contributed by atoms with van der Waals surface area (Å²) >= 11 is 1.41. The third kappa shape index (κ3) is 2.67. The second-order valence-electron chi connectivity index (χ2n) is 2.62. The van der Waals surface area contributed by atoms with Crippen molar-refractivity contribution in [2.45, 2.75) is 26.7 Å². The van der Waals surface area contributed by atoms with Gasteiger partial charge in [0.25, 0.3) is 0 Å². The van der Waals surface area contributed by atoms with Crippen LogP contribution in [0.5, 0.6) is 0 Å². The predicted octanol–water partition coefficient (Wildman–Crippen LogP) is 2.44. The maximum Gasteiger partial charge on any atom is 0.175 e. The summed E-state index contributed by atoms with van der Waals surface area (Å²) in [5, 5.41) is 0. The van der Waals surface area contributed by atoms with Crippen LogP contribution in [-0.4, -0.2) is 10.8 Å². The summed E-state index contributed by atoms with van der Waals surface area (Å²) in [6, 6.07) is 0. The Hall–Kier alpha value is -1.14. The van der Waals surface area contributed by atoms with E-state index in [0.717, 1.165) is 10.6 Å². The number of hydrogen-bond donors (Lipinski definition) is 0. The molecule has 0 atom stereocenters. The van der Waals surface area contributed by atoms with Gasteiger partial charge in [-0.15, -0.1) is 23.2 Å². The van der Waals surface area contributed by atoms with Crippen LogP contribution in [0.2, 0.25) is 0 Å². The highest BCUT2D eigenvalue weighted by Gasteiger charge is 2.09. The summed E-state index contributed by atoms with van der Waals surface area (Å²) < 4.78 is 0. The number of thiazole rings is 1. The average molecular weight is 193 g/mol. The van der Waals surface area contributed by atoms with Gasteiger partial charge in [0.15, 0.2) is 5.78 Å². The molecular formula is C10H11NOS. The number of rotatable bonds is 3. The zero-order valence-electron chi connectivity index (χ0n) is 7.76. The fraction of sp³-hybridized carbons (Fsp3) is 0.400. The number of nitrogens with zero attached hydrogens (tertiary/aromatic N) is 1. The van der Waals surface area contributed by atoms with E-state index in [-0.39, 0.29) is 5.78 Å². The van der Waals surface area contributed by atoms with Gasteiger partial charge in [0, 0.05) is 12.8 Å². The predicted molar refractivity (Wildman–Crippen MR) is 53.9 cm³/mol. The molecule has 13 heavy (non-hydrogen) atoms. The molecule has 1 aromatic rings. The van der Waals surface area contributed by atoms with E-state index in [0.29, 0.717) is 12.8 Å². The molecular weight excluding hydrogens is 182 g/mol. The number of aryl methyl sites for hydroxylation is 1. The highest BCUT2D eigenvalue weighted by Crippen LogP contribution is 2.14. The van der Waals surface area contributed by atoms with Gasteiger partial charge in [0.05, 0.1) is 16.1 Å². The number of hydrogen-bond acceptors (Lipinski definition) is 3. The molecule has 2 nitrogen and oxygen atoms in total. The molecule has 3 heteroatoms. The van der Waals surface area contributed by atoms with Crippen molar-refractivity contribution in [2.75, 3.05) is 0 Å². The van der Waals surface area contributed by atoms with Crippen LogP contribution in [0.3, 0.4) is 0 Å². The number of carbonyl (C=O) groups is 1. The van der Waals surface area contributed by atoms with E-state index < -0.39 is 0 Å². The normalized spacial score (nSPS) is 9.08. The lowest BCUT2D eigenvalue weighted by Gasteiger charge is -1.93. The van der Waals surface area contributed by atoms with Crippen LogP contribution >= 0.6 is 11.3 Å². The van der Waals surface area contributed by atoms with Gasteiger partial charge in [-0.3, -0.25) is 4.79 Å². The van der Waals surface area contributed by atoms with Crippen molar-refractivity contribution in [2.24, 2.45) is 0 Å². The highest BCUT2D eigenvalue weighted by atomic mass is 32.1. The summed E-state index contributed by atoms with van der Waals surface area (Å²) in [5.41, 5.74) is 2.54. The third-order valence-electron chi connectivity index (χ3n) is 1.65. The molecule has 0 bridgehead atoms. The zero-order valence-corrected chi connectivity index (χ0v) is 8.57. The van der Waals surface area contributed by atoms with Crippen LogP contribution in [0.15, 0.2) is 5.51 Å². The smallest absolute Gasteiger partial charge is 0.175 e. The van der Waals surface area contributed by atoms with Gasteiger partial charge in [0.2, 0.25) is 0 Å². The van der Waals surface area contributed by atoms with E-state index in [1.54, 1.807) is 12.4 Å². The molecule has 0 amide bonds. The van der Waals surface area contributed by atoms with Crippen molar-refractivity contribution >= 4 is 17.1 Å². The Morgan fingerprint density at radius 2 is 2.46 bits per heavy atom. The average Bonchev–Trinajstić information content (AvgIpc) is 2.52. The largest absolute Gasteiger partial charge is 0.293 e. The second kappa shape index (κ2) is 4.78. The first-order chi connectivity index (χ1) is 6.25. The van der Waals surface area contributed by atoms with Crippen LogP contribution in [0, 0.1) is 18.8 Å². The van der Waals surface area contributed by atoms with E-state index in [1.165, 1.54) is 11.3 Å². The molecule has 0 saturated heterocycles. The molecule has 0 saturated carbocycles. The Balaban J connectivity index is 2.57. The Morgan fingerprint density at radius 1 is 1.69 bits per heavy atom. The Labute approximate surface area is 82.0 Å². The van der Waals surface area contributed by atoms with Crippen molar-refractivity contribution in [3.05, 3.63) is 16.1 Å². The van der Waals surface area contributed by atoms with Crippen LogP contribution < -0.4 is 0 Å². The summed E-state index contributed by atoms with van der Waals surface area (Å²) in [5.74, 6) is 5.80. The Bertz CT molecular complexity index is 356. The minimum atomic E-state index is 0.155. The number of carbonyl (C=O) groups excluding carboxylic acids is 1. The molecule has 0 spiro atoms. The summed E-state index contributed by atoms with van der Waals surface area (Å²) in [6.07, 6.45) is 1.15. The van der Waals surface area contributed by atoms with Crippen LogP contribution in [-0.2, 0) is 0 Å². The zero-order chi connectivity index (χ0) is 9.68. The van der Waals surface area contributed by atoms with Gasteiger partial charge in [-0.2, -0.15) is 0 Å². The van der Waals surface area contributed by atoms with Gasteiger partial charge in [-0.05, 0) is 13.8 Å². The van der Waals surface area contributed by atoms with Crippen molar-refractivity contribution in [1.82, 2.24) is 4.98 Å². The molecule has 0 unspecified atom stereocenters. The van der Waals surface area contributed by atoms with Gasteiger partial charge in [-0.25, -0.2) is 4.98 Å². The van der Waals surface area contributed by atoms with Gasteiger partial charge in [-0.1, -0.05) is 0 Å². The fourth-order valence-corrected chi connectivity index (χ4v) is 1.76. The first-order valence-electron chi connectivity index (χ1n) is 4.08. The standard InChI is InChI=1S/C10H11NOS/c1-3-4-5-6-9(12)10-8(2)11-7-13-10/h7H,5-6H2,1-2H3. The second-order valence-corrected chi connectivity index (χ2v) is 3.47. The van der Waals surface area contributed by atoms with E-state index in [1.807, 2.05) is 6.92 Å². The van der Waals surface area contributed by atoms with Gasteiger partial charge < -0.3 is 0 Å². The monoisotopic (exact) mass is 193 g/mol. The molecule has 1 heterocycles. The van der Waals surface area contributed by atoms with Crippen LogP contribution in [0.25, 0.3) is 0 Å². The van der Waals surface area contributed by atoms with Crippen molar-refractivity contribution in [1.29, 1.82) is 0 Å². The van der Waals surface area contributed by atoms with E-state index >= 15 is 0 Å². The van der Waals surface area contributed by atoms with Crippen LogP contribution in [0.4, 0.5) is 0 Å². The Kier molecular flexibility index (Phi) is 3.66. The minimum absolute atomic E-state index is 0.155. The summed E-state index contributed by atoms with van der Waals surface area (Å²) in [4.78, 5) is 16.3. The maximum absolute atomic E-state index is 11.5. The molecule has 0 fully saturated rings. The molecule has 0 N–H and O–H groups in total. The van der Waals surface area contributed by atoms with Crippen molar-refractivity contribution in [3.8, 4) is 11.8 Å². The number of ketones is 1. The molecule has 0 aliphatic rings. The van der Waals surface area contributed by atoms with Gasteiger partial charge in [0.1, 0.15) is 0 Å². The SMILES string of the molecule is CC#CCCC(=O)c1scnc1C. The third-order valence-corrected chi connectivity index (χ3v) is 2.62. The highest BCUT2D eigenvalue weighted by molar-refractivity contribution is 7.11. The van der Waals surface area contributed by atoms with E-state index in [9.17, 15) is 4.79 Å². The molecule has 1 aromatic heterocycles. The number of Topliss-reactive ketones (excluding diaryl/α,β-unsaturated/α-hetero) is 1. The van der Waals surface area contributed by atoms with Crippen molar-refractivity contribution in [3.63, 3.8) is 0 Å². The quantitative estimate of drug-likeness (QED) is 0.545. The van der Waals surface area contributed by atoms with Crippen LogP contribution in [0.1, 0.15) is 35.1 Å². The first kappa shape index (κ1) is 9.94. The lowest BCUT2D eigenvalue weighted by Crippen LogP contribution is -1.97. The minimum Gasteiger partial charge on any atom is -0.293 e. The summed E-state index contributed by atoms with van der Waals surface area (Å²) in [7, 11) is 0. The molecule has 0 aliphatic heterocycles. The van der Waals surface area contributed by atoms with E-state index in [2.05, 4.69) is 16.8 Å². The number of aromatic nitrogens is 1. The Morgan fingerprint density at radius 3 is 3.00 bits per heavy atom. The first-order valence-corrected chi connectivity index (χ1v) is 4.96.